The number of hydrogen-bond donors (Lipinski definition) is 1. The van der Waals surface area contributed by atoms with Crippen LogP contribution in [0.3, 0.4) is 0 Å². The zero-order valence-electron chi connectivity index (χ0n) is 9.35. The first kappa shape index (κ1) is 12.4. The van der Waals surface area contributed by atoms with Crippen molar-refractivity contribution in [3.8, 4) is 0 Å². The molecule has 0 aliphatic heterocycles. The zero-order valence-corrected chi connectivity index (χ0v) is 9.35. The largest absolute Gasteiger partial charge is 0.330 e. The topological polar surface area (TPSA) is 69.2 Å². The van der Waals surface area contributed by atoms with Gasteiger partial charge in [0.1, 0.15) is 0 Å². The Morgan fingerprint density at radius 1 is 1.50 bits per heavy atom. The Hall–Kier alpha value is -1.68. The van der Waals surface area contributed by atoms with E-state index in [1.54, 1.807) is 12.1 Å². The Balaban J connectivity index is 3.03. The van der Waals surface area contributed by atoms with Crippen LogP contribution in [0.15, 0.2) is 36.9 Å². The summed E-state index contributed by atoms with van der Waals surface area (Å²) in [6, 6.07) is 6.53. The second-order valence-corrected chi connectivity index (χ2v) is 4.06. The molecule has 0 aliphatic carbocycles. The highest BCUT2D eigenvalue weighted by Crippen LogP contribution is 2.28. The van der Waals surface area contributed by atoms with Gasteiger partial charge in [-0.1, -0.05) is 25.1 Å². The van der Waals surface area contributed by atoms with Gasteiger partial charge in [-0.05, 0) is 12.0 Å². The molecule has 0 spiro atoms. The molecule has 0 saturated carbocycles. The number of benzene rings is 1. The third-order valence-electron chi connectivity index (χ3n) is 2.82. The fourth-order valence-corrected chi connectivity index (χ4v) is 1.62. The van der Waals surface area contributed by atoms with Crippen LogP contribution in [0.25, 0.3) is 0 Å². The quantitative estimate of drug-likeness (QED) is 0.470. The molecule has 4 heteroatoms. The molecule has 0 bridgehead atoms. The lowest BCUT2D eigenvalue weighted by Gasteiger charge is -2.27. The summed E-state index contributed by atoms with van der Waals surface area (Å²) in [5.41, 5.74) is 6.64. The SMILES string of the molecule is C=CCC(C)(CN)c1ccc([N+](=O)[O-])cc1. The van der Waals surface area contributed by atoms with E-state index in [0.717, 1.165) is 12.0 Å². The Kier molecular flexibility index (Phi) is 3.79. The minimum absolute atomic E-state index is 0.0988. The van der Waals surface area contributed by atoms with Crippen LogP contribution in [0.1, 0.15) is 18.9 Å². The van der Waals surface area contributed by atoms with Gasteiger partial charge in [0.2, 0.25) is 0 Å². The van der Waals surface area contributed by atoms with E-state index in [1.165, 1.54) is 12.1 Å². The summed E-state index contributed by atoms with van der Waals surface area (Å²) < 4.78 is 0. The van der Waals surface area contributed by atoms with Crippen LogP contribution in [0.2, 0.25) is 0 Å². The molecule has 0 aliphatic rings. The smallest absolute Gasteiger partial charge is 0.269 e. The first-order valence-corrected chi connectivity index (χ1v) is 5.09. The first-order valence-electron chi connectivity index (χ1n) is 5.09. The van der Waals surface area contributed by atoms with Crippen molar-refractivity contribution in [2.24, 2.45) is 5.73 Å². The Labute approximate surface area is 94.9 Å². The standard InChI is InChI=1S/C12H16N2O2/c1-3-8-12(2,9-13)10-4-6-11(7-5-10)14(15)16/h3-7H,1,8-9,13H2,2H3. The minimum atomic E-state index is -0.406. The fourth-order valence-electron chi connectivity index (χ4n) is 1.62. The number of rotatable bonds is 5. The van der Waals surface area contributed by atoms with Gasteiger partial charge >= 0.3 is 0 Å². The lowest BCUT2D eigenvalue weighted by Crippen LogP contribution is -2.31. The predicted octanol–water partition coefficient (Wildman–Crippen LogP) is 2.39. The third kappa shape index (κ3) is 2.46. The van der Waals surface area contributed by atoms with Crippen molar-refractivity contribution >= 4 is 5.69 Å². The van der Waals surface area contributed by atoms with E-state index in [4.69, 9.17) is 5.73 Å². The number of nitrogens with zero attached hydrogens (tertiary/aromatic N) is 1. The monoisotopic (exact) mass is 220 g/mol. The normalized spacial score (nSPS) is 14.1. The summed E-state index contributed by atoms with van der Waals surface area (Å²) in [6.45, 7) is 6.21. The van der Waals surface area contributed by atoms with Gasteiger partial charge in [-0.3, -0.25) is 10.1 Å². The van der Waals surface area contributed by atoms with E-state index in [1.807, 2.05) is 13.0 Å². The minimum Gasteiger partial charge on any atom is -0.330 e. The second kappa shape index (κ2) is 4.90. The van der Waals surface area contributed by atoms with Crippen LogP contribution in [-0.2, 0) is 5.41 Å². The second-order valence-electron chi connectivity index (χ2n) is 4.06. The number of allylic oxidation sites excluding steroid dienone is 1. The molecule has 1 atom stereocenters. The maximum absolute atomic E-state index is 10.5. The summed E-state index contributed by atoms with van der Waals surface area (Å²) in [7, 11) is 0. The molecule has 1 aromatic rings. The summed E-state index contributed by atoms with van der Waals surface area (Å²) >= 11 is 0. The van der Waals surface area contributed by atoms with E-state index in [9.17, 15) is 10.1 Å². The van der Waals surface area contributed by atoms with E-state index in [2.05, 4.69) is 6.58 Å². The molecule has 4 nitrogen and oxygen atoms in total. The van der Waals surface area contributed by atoms with Crippen molar-refractivity contribution in [3.05, 3.63) is 52.6 Å². The summed E-state index contributed by atoms with van der Waals surface area (Å²) in [5.74, 6) is 0. The summed E-state index contributed by atoms with van der Waals surface area (Å²) in [5, 5.41) is 10.5. The van der Waals surface area contributed by atoms with Gasteiger partial charge in [0, 0.05) is 24.1 Å². The van der Waals surface area contributed by atoms with Crippen LogP contribution in [0, 0.1) is 10.1 Å². The molecule has 0 amide bonds. The van der Waals surface area contributed by atoms with Crippen molar-refractivity contribution in [2.45, 2.75) is 18.8 Å². The number of non-ortho nitro benzene ring substituents is 1. The number of hydrogen-bond acceptors (Lipinski definition) is 3. The maximum atomic E-state index is 10.5. The molecule has 16 heavy (non-hydrogen) atoms. The van der Waals surface area contributed by atoms with Crippen molar-refractivity contribution < 1.29 is 4.92 Å². The number of nitro groups is 1. The van der Waals surface area contributed by atoms with Crippen molar-refractivity contribution in [1.82, 2.24) is 0 Å². The summed E-state index contributed by atoms with van der Waals surface area (Å²) in [6.07, 6.45) is 2.57. The van der Waals surface area contributed by atoms with E-state index < -0.39 is 4.92 Å². The van der Waals surface area contributed by atoms with Crippen LogP contribution in [0.5, 0.6) is 0 Å². The van der Waals surface area contributed by atoms with Gasteiger partial charge < -0.3 is 5.73 Å². The van der Waals surface area contributed by atoms with Crippen LogP contribution in [-0.4, -0.2) is 11.5 Å². The van der Waals surface area contributed by atoms with Gasteiger partial charge in [-0.25, -0.2) is 0 Å². The van der Waals surface area contributed by atoms with Gasteiger partial charge in [0.05, 0.1) is 4.92 Å². The van der Waals surface area contributed by atoms with Gasteiger partial charge in [0.25, 0.3) is 5.69 Å². The van der Waals surface area contributed by atoms with E-state index in [0.29, 0.717) is 6.54 Å². The van der Waals surface area contributed by atoms with Crippen molar-refractivity contribution in [2.75, 3.05) is 6.54 Å². The average Bonchev–Trinajstić information content (AvgIpc) is 2.29. The van der Waals surface area contributed by atoms with Crippen LogP contribution in [0.4, 0.5) is 5.69 Å². The van der Waals surface area contributed by atoms with E-state index in [-0.39, 0.29) is 11.1 Å². The van der Waals surface area contributed by atoms with Crippen molar-refractivity contribution in [1.29, 1.82) is 0 Å². The van der Waals surface area contributed by atoms with E-state index >= 15 is 0 Å². The third-order valence-corrected chi connectivity index (χ3v) is 2.82. The lowest BCUT2D eigenvalue weighted by atomic mass is 9.79. The molecule has 0 fully saturated rings. The molecule has 86 valence electrons. The molecule has 2 N–H and O–H groups in total. The van der Waals surface area contributed by atoms with Crippen molar-refractivity contribution in [3.63, 3.8) is 0 Å². The van der Waals surface area contributed by atoms with Crippen LogP contribution < -0.4 is 5.73 Å². The molecule has 1 aromatic carbocycles. The summed E-state index contributed by atoms with van der Waals surface area (Å²) in [4.78, 5) is 10.1. The molecule has 1 rings (SSSR count). The Bertz CT molecular complexity index is 387. The van der Waals surface area contributed by atoms with Gasteiger partial charge in [-0.2, -0.15) is 0 Å². The molecule has 0 saturated heterocycles. The molecular formula is C12H16N2O2. The maximum Gasteiger partial charge on any atom is 0.269 e. The highest BCUT2D eigenvalue weighted by Gasteiger charge is 2.23. The Morgan fingerprint density at radius 3 is 2.44 bits per heavy atom. The molecular weight excluding hydrogens is 204 g/mol. The number of nitrogens with two attached hydrogens (primary N) is 1. The van der Waals surface area contributed by atoms with Gasteiger partial charge in [0.15, 0.2) is 0 Å². The number of nitro benzene ring substituents is 1. The molecule has 0 heterocycles. The highest BCUT2D eigenvalue weighted by molar-refractivity contribution is 5.36. The molecule has 0 radical (unpaired) electrons. The fraction of sp³-hybridized carbons (Fsp3) is 0.333. The average molecular weight is 220 g/mol. The lowest BCUT2D eigenvalue weighted by molar-refractivity contribution is -0.384. The molecule has 1 unspecified atom stereocenters. The first-order chi connectivity index (χ1) is 7.53. The molecule has 0 aromatic heterocycles. The predicted molar refractivity (Wildman–Crippen MR) is 64.3 cm³/mol. The Morgan fingerprint density at radius 2 is 2.06 bits per heavy atom. The van der Waals surface area contributed by atoms with Crippen LogP contribution >= 0.6 is 0 Å². The zero-order chi connectivity index (χ0) is 12.2. The highest BCUT2D eigenvalue weighted by atomic mass is 16.6. The van der Waals surface area contributed by atoms with Gasteiger partial charge in [-0.15, -0.1) is 6.58 Å².